The topological polar surface area (TPSA) is 66.5 Å². The lowest BCUT2D eigenvalue weighted by Crippen LogP contribution is -2.13. The normalized spacial score (nSPS) is 19.8. The second-order valence-corrected chi connectivity index (χ2v) is 6.67. The van der Waals surface area contributed by atoms with Crippen LogP contribution in [0.15, 0.2) is 35.8 Å². The number of allylic oxidation sites excluding steroid dienone is 3. The van der Waals surface area contributed by atoms with E-state index in [1.165, 1.54) is 31.0 Å². The summed E-state index contributed by atoms with van der Waals surface area (Å²) in [5.74, 6) is 0.673. The van der Waals surface area contributed by atoms with Gasteiger partial charge in [-0.2, -0.15) is 0 Å². The Morgan fingerprint density at radius 2 is 2.09 bits per heavy atom. The summed E-state index contributed by atoms with van der Waals surface area (Å²) in [6.45, 7) is 4.33. The molecule has 0 spiro atoms. The average molecular weight is 322 g/mol. The molecule has 0 aliphatic heterocycles. The summed E-state index contributed by atoms with van der Waals surface area (Å²) < 4.78 is 0. The molecule has 132 valence electrons. The van der Waals surface area contributed by atoms with E-state index in [9.17, 15) is 10.2 Å². The maximum atomic E-state index is 10.2. The molecule has 0 aromatic heterocycles. The Balaban J connectivity index is 2.61. The molecular weight excluding hydrogens is 286 g/mol. The van der Waals surface area contributed by atoms with Gasteiger partial charge in [-0.25, -0.2) is 0 Å². The molecule has 0 radical (unpaired) electrons. The fourth-order valence-corrected chi connectivity index (χ4v) is 3.26. The molecule has 23 heavy (non-hydrogen) atoms. The zero-order valence-corrected chi connectivity index (χ0v) is 14.9. The summed E-state index contributed by atoms with van der Waals surface area (Å²) in [7, 11) is 0. The fraction of sp³-hybridized carbons (Fsp3) is 0.700. The first-order valence-corrected chi connectivity index (χ1v) is 9.28. The molecule has 0 saturated heterocycles. The zero-order valence-electron chi connectivity index (χ0n) is 14.9. The van der Waals surface area contributed by atoms with Crippen molar-refractivity contribution in [3.05, 3.63) is 35.8 Å². The highest BCUT2D eigenvalue weighted by Gasteiger charge is 2.23. The van der Waals surface area contributed by atoms with Gasteiger partial charge in [0.2, 0.25) is 0 Å². The first-order chi connectivity index (χ1) is 11.1. The van der Waals surface area contributed by atoms with E-state index in [0.29, 0.717) is 5.92 Å². The monoisotopic (exact) mass is 321 g/mol. The van der Waals surface area contributed by atoms with Gasteiger partial charge in [-0.15, -0.1) is 0 Å². The Hall–Kier alpha value is -1.22. The molecule has 0 aromatic rings. The summed E-state index contributed by atoms with van der Waals surface area (Å²) in [6.07, 6.45) is 16.8. The van der Waals surface area contributed by atoms with E-state index in [1.54, 1.807) is 0 Å². The van der Waals surface area contributed by atoms with Crippen molar-refractivity contribution in [1.29, 1.82) is 0 Å². The Labute approximate surface area is 142 Å². The van der Waals surface area contributed by atoms with Crippen LogP contribution in [0, 0.1) is 11.8 Å². The number of hydrogen-bond donors (Lipinski definition) is 3. The number of hydrogen-bond acceptors (Lipinski definition) is 3. The van der Waals surface area contributed by atoms with Gasteiger partial charge in [0.15, 0.2) is 0 Å². The van der Waals surface area contributed by atoms with Crippen molar-refractivity contribution in [2.24, 2.45) is 17.6 Å². The molecule has 1 aliphatic carbocycles. The molecule has 3 heteroatoms. The Morgan fingerprint density at radius 3 is 2.65 bits per heavy atom. The van der Waals surface area contributed by atoms with E-state index >= 15 is 0 Å². The smallest absolute Gasteiger partial charge is 0.115 e. The van der Waals surface area contributed by atoms with Crippen molar-refractivity contribution in [1.82, 2.24) is 0 Å². The SMILES string of the molecule is CCCCCC(O)/C=C/C(CC)CC(C(O)=CN)C1=CCCC1. The molecule has 0 amide bonds. The van der Waals surface area contributed by atoms with E-state index in [1.807, 2.05) is 6.08 Å². The van der Waals surface area contributed by atoms with Crippen molar-refractivity contribution in [2.45, 2.75) is 77.7 Å². The Bertz CT molecular complexity index is 412. The van der Waals surface area contributed by atoms with Crippen molar-refractivity contribution in [3.8, 4) is 0 Å². The number of aliphatic hydroxyl groups is 2. The van der Waals surface area contributed by atoms with Gasteiger partial charge in [0.05, 0.1) is 6.10 Å². The third kappa shape index (κ3) is 7.26. The minimum absolute atomic E-state index is 0.0364. The summed E-state index contributed by atoms with van der Waals surface area (Å²) >= 11 is 0. The minimum atomic E-state index is -0.349. The maximum absolute atomic E-state index is 10.2. The number of unbranched alkanes of at least 4 members (excludes halogenated alkanes) is 2. The lowest BCUT2D eigenvalue weighted by Gasteiger charge is -2.22. The number of rotatable bonds is 11. The van der Waals surface area contributed by atoms with Crippen LogP contribution < -0.4 is 5.73 Å². The largest absolute Gasteiger partial charge is 0.510 e. The highest BCUT2D eigenvalue weighted by molar-refractivity contribution is 5.20. The molecular formula is C20H35NO2. The second-order valence-electron chi connectivity index (χ2n) is 6.67. The maximum Gasteiger partial charge on any atom is 0.115 e. The molecule has 1 rings (SSSR count). The summed E-state index contributed by atoms with van der Waals surface area (Å²) in [6, 6.07) is 0. The van der Waals surface area contributed by atoms with Gasteiger partial charge in [-0.3, -0.25) is 0 Å². The van der Waals surface area contributed by atoms with Gasteiger partial charge in [0, 0.05) is 12.1 Å². The fourth-order valence-electron chi connectivity index (χ4n) is 3.26. The molecule has 4 N–H and O–H groups in total. The van der Waals surface area contributed by atoms with Crippen LogP contribution in [0.25, 0.3) is 0 Å². The Morgan fingerprint density at radius 1 is 1.30 bits per heavy atom. The van der Waals surface area contributed by atoms with Gasteiger partial charge in [0.25, 0.3) is 0 Å². The van der Waals surface area contributed by atoms with Crippen LogP contribution in [-0.4, -0.2) is 16.3 Å². The van der Waals surface area contributed by atoms with Gasteiger partial charge in [-0.1, -0.05) is 56.9 Å². The second kappa shape index (κ2) is 11.3. The molecule has 1 aliphatic rings. The van der Waals surface area contributed by atoms with E-state index in [-0.39, 0.29) is 17.8 Å². The average Bonchev–Trinajstić information content (AvgIpc) is 3.09. The molecule has 0 fully saturated rings. The predicted octanol–water partition coefficient (Wildman–Crippen LogP) is 4.98. The molecule has 0 saturated carbocycles. The number of aliphatic hydroxyl groups excluding tert-OH is 2. The quantitative estimate of drug-likeness (QED) is 0.285. The molecule has 0 aromatic carbocycles. The lowest BCUT2D eigenvalue weighted by molar-refractivity contribution is 0.207. The molecule has 0 bridgehead atoms. The predicted molar refractivity (Wildman–Crippen MR) is 98.0 cm³/mol. The number of nitrogens with two attached hydrogens (primary N) is 1. The standard InChI is InChI=1S/C20H35NO2/c1-3-5-6-11-18(22)13-12-16(4-2)14-19(20(23)15-21)17-9-7-8-10-17/h9,12-13,15-16,18-19,22-23H,3-8,10-11,14,21H2,1-2H3/b13-12+,20-15?. The van der Waals surface area contributed by atoms with Gasteiger partial charge in [0.1, 0.15) is 5.76 Å². The van der Waals surface area contributed by atoms with Crippen LogP contribution in [0.4, 0.5) is 0 Å². The Kier molecular flexibility index (Phi) is 9.77. The van der Waals surface area contributed by atoms with Crippen molar-refractivity contribution >= 4 is 0 Å². The van der Waals surface area contributed by atoms with E-state index in [0.717, 1.165) is 38.5 Å². The highest BCUT2D eigenvalue weighted by Crippen LogP contribution is 2.34. The van der Waals surface area contributed by atoms with Crippen molar-refractivity contribution in [3.63, 3.8) is 0 Å². The summed E-state index contributed by atoms with van der Waals surface area (Å²) in [5.41, 5.74) is 6.87. The summed E-state index contributed by atoms with van der Waals surface area (Å²) in [5, 5.41) is 20.2. The third-order valence-electron chi connectivity index (χ3n) is 4.82. The zero-order chi connectivity index (χ0) is 17.1. The van der Waals surface area contributed by atoms with Crippen LogP contribution in [-0.2, 0) is 0 Å². The lowest BCUT2D eigenvalue weighted by atomic mass is 9.85. The van der Waals surface area contributed by atoms with Gasteiger partial charge in [-0.05, 0) is 44.4 Å². The van der Waals surface area contributed by atoms with Crippen LogP contribution >= 0.6 is 0 Å². The summed E-state index contributed by atoms with van der Waals surface area (Å²) in [4.78, 5) is 0. The van der Waals surface area contributed by atoms with Crippen LogP contribution in [0.3, 0.4) is 0 Å². The van der Waals surface area contributed by atoms with E-state index < -0.39 is 0 Å². The van der Waals surface area contributed by atoms with Crippen LogP contribution in [0.5, 0.6) is 0 Å². The minimum Gasteiger partial charge on any atom is -0.510 e. The molecule has 3 unspecified atom stereocenters. The van der Waals surface area contributed by atoms with E-state index in [2.05, 4.69) is 26.0 Å². The van der Waals surface area contributed by atoms with Crippen LogP contribution in [0.2, 0.25) is 0 Å². The first-order valence-electron chi connectivity index (χ1n) is 9.28. The van der Waals surface area contributed by atoms with Gasteiger partial charge < -0.3 is 15.9 Å². The molecule has 3 atom stereocenters. The van der Waals surface area contributed by atoms with Gasteiger partial charge >= 0.3 is 0 Å². The van der Waals surface area contributed by atoms with Crippen LogP contribution in [0.1, 0.15) is 71.6 Å². The third-order valence-corrected chi connectivity index (χ3v) is 4.82. The first kappa shape index (κ1) is 19.8. The van der Waals surface area contributed by atoms with Crippen molar-refractivity contribution < 1.29 is 10.2 Å². The molecule has 3 nitrogen and oxygen atoms in total. The van der Waals surface area contributed by atoms with E-state index in [4.69, 9.17) is 5.73 Å². The molecule has 0 heterocycles. The highest BCUT2D eigenvalue weighted by atomic mass is 16.3. The van der Waals surface area contributed by atoms with Crippen molar-refractivity contribution in [2.75, 3.05) is 0 Å².